The summed E-state index contributed by atoms with van der Waals surface area (Å²) in [6.07, 6.45) is 1.34. The number of benzene rings is 2. The van der Waals surface area contributed by atoms with Crippen LogP contribution in [-0.2, 0) is 9.59 Å². The highest BCUT2D eigenvalue weighted by Gasteiger charge is 2.15. The van der Waals surface area contributed by atoms with Gasteiger partial charge in [-0.2, -0.15) is 0 Å². The predicted molar refractivity (Wildman–Crippen MR) is 120 cm³/mol. The van der Waals surface area contributed by atoms with Crippen LogP contribution in [0.2, 0.25) is 0 Å². The van der Waals surface area contributed by atoms with E-state index in [4.69, 9.17) is 0 Å². The molecule has 0 saturated heterocycles. The smallest absolute Gasteiger partial charge is 0.257 e. The first kappa shape index (κ1) is 21.8. The van der Waals surface area contributed by atoms with Gasteiger partial charge < -0.3 is 20.9 Å². The van der Waals surface area contributed by atoms with Crippen molar-refractivity contribution in [2.75, 3.05) is 17.2 Å². The summed E-state index contributed by atoms with van der Waals surface area (Å²) < 4.78 is 0. The van der Waals surface area contributed by atoms with Crippen LogP contribution in [-0.4, -0.2) is 29.3 Å². The van der Waals surface area contributed by atoms with E-state index in [9.17, 15) is 19.2 Å². The van der Waals surface area contributed by atoms with Crippen molar-refractivity contribution in [1.82, 2.24) is 10.3 Å². The van der Waals surface area contributed by atoms with Crippen LogP contribution in [0.3, 0.4) is 0 Å². The summed E-state index contributed by atoms with van der Waals surface area (Å²) in [4.78, 5) is 52.0. The molecule has 0 aliphatic rings. The molecule has 1 heterocycles. The lowest BCUT2D eigenvalue weighted by molar-refractivity contribution is -0.119. The number of nitrogens with one attached hydrogen (secondary N) is 4. The fourth-order valence-corrected chi connectivity index (χ4v) is 2.91. The van der Waals surface area contributed by atoms with E-state index in [1.54, 1.807) is 56.3 Å². The molecule has 0 spiro atoms. The standard InChI is InChI=1S/C23H24N4O4/c1-13(2)22(30)26-15-9-8-14(3)19(10-15)27-20(28)12-25-23(31)17-11-24-18-7-5-4-6-16(18)21(17)29/h4-11,13H,12H2,1-3H3,(H,24,29)(H,25,31)(H,26,30)(H,27,28). The molecule has 2 aromatic carbocycles. The minimum Gasteiger partial charge on any atom is -0.360 e. The van der Waals surface area contributed by atoms with Crippen LogP contribution in [0.4, 0.5) is 11.4 Å². The van der Waals surface area contributed by atoms with Crippen LogP contribution in [0.1, 0.15) is 29.8 Å². The van der Waals surface area contributed by atoms with Crippen molar-refractivity contribution < 1.29 is 14.4 Å². The van der Waals surface area contributed by atoms with Crippen molar-refractivity contribution in [3.05, 3.63) is 70.0 Å². The van der Waals surface area contributed by atoms with Gasteiger partial charge in [0.1, 0.15) is 5.56 Å². The number of para-hydroxylation sites is 1. The molecular weight excluding hydrogens is 396 g/mol. The van der Waals surface area contributed by atoms with Crippen LogP contribution in [0, 0.1) is 12.8 Å². The van der Waals surface area contributed by atoms with Crippen LogP contribution in [0.15, 0.2) is 53.5 Å². The Hall–Kier alpha value is -3.94. The molecule has 0 saturated carbocycles. The molecule has 160 valence electrons. The lowest BCUT2D eigenvalue weighted by Crippen LogP contribution is -2.35. The Morgan fingerprint density at radius 3 is 2.52 bits per heavy atom. The minimum atomic E-state index is -0.642. The summed E-state index contributed by atoms with van der Waals surface area (Å²) in [5.74, 6) is -1.40. The first-order chi connectivity index (χ1) is 14.8. The molecule has 1 aromatic heterocycles. The number of hydrogen-bond acceptors (Lipinski definition) is 4. The van der Waals surface area contributed by atoms with Crippen molar-refractivity contribution >= 4 is 40.0 Å². The SMILES string of the molecule is Cc1ccc(NC(=O)C(C)C)cc1NC(=O)CNC(=O)c1c[nH]c2ccccc2c1=O. The van der Waals surface area contributed by atoms with Gasteiger partial charge in [-0.05, 0) is 36.8 Å². The van der Waals surface area contributed by atoms with E-state index in [-0.39, 0.29) is 23.9 Å². The quantitative estimate of drug-likeness (QED) is 0.490. The number of hydrogen-bond donors (Lipinski definition) is 4. The molecule has 31 heavy (non-hydrogen) atoms. The Balaban J connectivity index is 1.65. The monoisotopic (exact) mass is 420 g/mol. The Bertz CT molecular complexity index is 1210. The molecule has 4 N–H and O–H groups in total. The lowest BCUT2D eigenvalue weighted by Gasteiger charge is -2.13. The third-order valence-electron chi connectivity index (χ3n) is 4.75. The van der Waals surface area contributed by atoms with E-state index in [1.165, 1.54) is 6.20 Å². The molecule has 8 nitrogen and oxygen atoms in total. The molecular formula is C23H24N4O4. The van der Waals surface area contributed by atoms with Gasteiger partial charge in [0.15, 0.2) is 0 Å². The fourth-order valence-electron chi connectivity index (χ4n) is 2.91. The third-order valence-corrected chi connectivity index (χ3v) is 4.75. The number of fused-ring (bicyclic) bond motifs is 1. The zero-order valence-electron chi connectivity index (χ0n) is 17.5. The Labute approximate surface area is 179 Å². The number of pyridine rings is 1. The Morgan fingerprint density at radius 1 is 1.03 bits per heavy atom. The van der Waals surface area contributed by atoms with Crippen molar-refractivity contribution in [3.63, 3.8) is 0 Å². The second-order valence-corrected chi connectivity index (χ2v) is 7.48. The zero-order valence-corrected chi connectivity index (χ0v) is 17.5. The first-order valence-electron chi connectivity index (χ1n) is 9.86. The molecule has 0 fully saturated rings. The van der Waals surface area contributed by atoms with Gasteiger partial charge >= 0.3 is 0 Å². The van der Waals surface area contributed by atoms with Crippen molar-refractivity contribution in [2.24, 2.45) is 5.92 Å². The molecule has 3 amide bonds. The number of anilines is 2. The summed E-state index contributed by atoms with van der Waals surface area (Å²) in [5.41, 5.74) is 2.03. The maximum Gasteiger partial charge on any atom is 0.257 e. The average molecular weight is 420 g/mol. The highest BCUT2D eigenvalue weighted by molar-refractivity contribution is 6.01. The summed E-state index contributed by atoms with van der Waals surface area (Å²) in [7, 11) is 0. The number of H-pyrrole nitrogens is 1. The van der Waals surface area contributed by atoms with E-state index in [0.717, 1.165) is 5.56 Å². The van der Waals surface area contributed by atoms with Gasteiger partial charge in [-0.15, -0.1) is 0 Å². The van der Waals surface area contributed by atoms with Gasteiger partial charge in [0.2, 0.25) is 17.2 Å². The lowest BCUT2D eigenvalue weighted by atomic mass is 10.1. The molecule has 0 atom stereocenters. The Kier molecular flexibility index (Phi) is 6.49. The van der Waals surface area contributed by atoms with Crippen molar-refractivity contribution in [3.8, 4) is 0 Å². The normalized spacial score (nSPS) is 10.7. The summed E-state index contributed by atoms with van der Waals surface area (Å²) in [6, 6.07) is 12.1. The second-order valence-electron chi connectivity index (χ2n) is 7.48. The van der Waals surface area contributed by atoms with Crippen LogP contribution in [0.25, 0.3) is 10.9 Å². The van der Waals surface area contributed by atoms with E-state index >= 15 is 0 Å². The predicted octanol–water partition coefficient (Wildman–Crippen LogP) is 2.80. The van der Waals surface area contributed by atoms with E-state index in [2.05, 4.69) is 20.9 Å². The molecule has 3 aromatic rings. The third kappa shape index (κ3) is 5.16. The van der Waals surface area contributed by atoms with E-state index in [0.29, 0.717) is 22.3 Å². The zero-order chi connectivity index (χ0) is 22.5. The number of carbonyl (C=O) groups excluding carboxylic acids is 3. The van der Waals surface area contributed by atoms with Crippen LogP contribution < -0.4 is 21.4 Å². The van der Waals surface area contributed by atoms with E-state index in [1.807, 2.05) is 6.92 Å². The first-order valence-corrected chi connectivity index (χ1v) is 9.86. The summed E-state index contributed by atoms with van der Waals surface area (Å²) in [6.45, 7) is 5.08. The molecule has 0 aliphatic heterocycles. The van der Waals surface area contributed by atoms with Gasteiger partial charge in [-0.3, -0.25) is 19.2 Å². The molecule has 8 heteroatoms. The molecule has 0 bridgehead atoms. The number of aromatic nitrogens is 1. The maximum atomic E-state index is 12.5. The van der Waals surface area contributed by atoms with Gasteiger partial charge in [0, 0.05) is 34.4 Å². The highest BCUT2D eigenvalue weighted by atomic mass is 16.2. The molecule has 0 unspecified atom stereocenters. The van der Waals surface area contributed by atoms with Gasteiger partial charge in [0.05, 0.1) is 6.54 Å². The minimum absolute atomic E-state index is 0.0684. The van der Waals surface area contributed by atoms with Crippen molar-refractivity contribution in [1.29, 1.82) is 0 Å². The van der Waals surface area contributed by atoms with Crippen molar-refractivity contribution in [2.45, 2.75) is 20.8 Å². The van der Waals surface area contributed by atoms with Gasteiger partial charge in [0.25, 0.3) is 5.91 Å². The summed E-state index contributed by atoms with van der Waals surface area (Å²) >= 11 is 0. The number of amides is 3. The van der Waals surface area contributed by atoms with Crippen LogP contribution in [0.5, 0.6) is 0 Å². The second kappa shape index (κ2) is 9.25. The van der Waals surface area contributed by atoms with Gasteiger partial charge in [-0.25, -0.2) is 0 Å². The number of aryl methyl sites for hydroxylation is 1. The number of aromatic amines is 1. The topological polar surface area (TPSA) is 120 Å². The average Bonchev–Trinajstić information content (AvgIpc) is 2.74. The summed E-state index contributed by atoms with van der Waals surface area (Å²) in [5, 5.41) is 8.35. The molecule has 3 rings (SSSR count). The Morgan fingerprint density at radius 2 is 1.77 bits per heavy atom. The molecule has 0 radical (unpaired) electrons. The molecule has 0 aliphatic carbocycles. The maximum absolute atomic E-state index is 12.5. The number of rotatable bonds is 6. The van der Waals surface area contributed by atoms with Gasteiger partial charge in [-0.1, -0.05) is 32.0 Å². The van der Waals surface area contributed by atoms with E-state index < -0.39 is 17.2 Å². The number of carbonyl (C=O) groups is 3. The fraction of sp³-hybridized carbons (Fsp3) is 0.217. The largest absolute Gasteiger partial charge is 0.360 e. The van der Waals surface area contributed by atoms with Crippen LogP contribution >= 0.6 is 0 Å². The highest BCUT2D eigenvalue weighted by Crippen LogP contribution is 2.20.